The third kappa shape index (κ3) is 4.42. The molecular formula is C20H28N6O4. The lowest BCUT2D eigenvalue weighted by Gasteiger charge is -2.35. The molecule has 1 aromatic heterocycles. The second-order valence-electron chi connectivity index (χ2n) is 6.76. The lowest BCUT2D eigenvalue weighted by Crippen LogP contribution is -2.55. The van der Waals surface area contributed by atoms with Gasteiger partial charge in [0.2, 0.25) is 5.91 Å². The number of nitrogens with zero attached hydrogens (tertiary/aromatic N) is 5. The summed E-state index contributed by atoms with van der Waals surface area (Å²) in [5.74, 6) is 2.53. The minimum atomic E-state index is 0.000831. The van der Waals surface area contributed by atoms with Gasteiger partial charge in [-0.1, -0.05) is 0 Å². The molecule has 10 heteroatoms. The Bertz CT molecular complexity index is 926. The molecular weight excluding hydrogens is 388 g/mol. The summed E-state index contributed by atoms with van der Waals surface area (Å²) >= 11 is 0. The largest absolute Gasteiger partial charge is 0.496 e. The summed E-state index contributed by atoms with van der Waals surface area (Å²) in [6.45, 7) is 1.90. The molecule has 162 valence electrons. The third-order valence-electron chi connectivity index (χ3n) is 4.96. The van der Waals surface area contributed by atoms with Crippen LogP contribution in [0, 0.1) is 0 Å². The summed E-state index contributed by atoms with van der Waals surface area (Å²) in [6, 6.07) is 3.65. The van der Waals surface area contributed by atoms with Crippen LogP contribution in [0.15, 0.2) is 29.5 Å². The Kier molecular flexibility index (Phi) is 6.65. The van der Waals surface area contributed by atoms with Crippen LogP contribution in [0.4, 0.5) is 5.69 Å². The van der Waals surface area contributed by atoms with Crippen molar-refractivity contribution in [2.75, 3.05) is 52.9 Å². The molecule has 1 fully saturated rings. The van der Waals surface area contributed by atoms with Crippen molar-refractivity contribution >= 4 is 17.6 Å². The number of aromatic nitrogens is 2. The predicted molar refractivity (Wildman–Crippen MR) is 113 cm³/mol. The van der Waals surface area contributed by atoms with Crippen molar-refractivity contribution in [3.8, 4) is 17.2 Å². The average molecular weight is 416 g/mol. The van der Waals surface area contributed by atoms with E-state index in [0.29, 0.717) is 42.8 Å². The summed E-state index contributed by atoms with van der Waals surface area (Å²) in [6.07, 6.45) is 3.54. The van der Waals surface area contributed by atoms with E-state index in [-0.39, 0.29) is 12.5 Å². The first kappa shape index (κ1) is 21.3. The summed E-state index contributed by atoms with van der Waals surface area (Å²) in [4.78, 5) is 20.7. The van der Waals surface area contributed by atoms with Crippen molar-refractivity contribution in [3.63, 3.8) is 0 Å². The fourth-order valence-corrected chi connectivity index (χ4v) is 3.41. The van der Waals surface area contributed by atoms with Crippen molar-refractivity contribution in [3.05, 3.63) is 30.1 Å². The Morgan fingerprint density at radius 3 is 2.40 bits per heavy atom. The number of rotatable bonds is 6. The number of benzene rings is 1. The topological polar surface area (TPSA) is 93.5 Å². The first-order chi connectivity index (χ1) is 14.5. The number of piperazine rings is 1. The highest BCUT2D eigenvalue weighted by atomic mass is 16.5. The highest BCUT2D eigenvalue weighted by molar-refractivity contribution is 5.98. The van der Waals surface area contributed by atoms with Gasteiger partial charge in [0.15, 0.2) is 17.5 Å². The van der Waals surface area contributed by atoms with Gasteiger partial charge in [0, 0.05) is 51.6 Å². The maximum Gasteiger partial charge on any atom is 0.246 e. The molecule has 1 saturated heterocycles. The number of guanidine groups is 1. The highest BCUT2D eigenvalue weighted by Crippen LogP contribution is 2.34. The number of hydrogen-bond donors (Lipinski definition) is 1. The van der Waals surface area contributed by atoms with Crippen LogP contribution in [-0.2, 0) is 18.4 Å². The van der Waals surface area contributed by atoms with Crippen LogP contribution in [-0.4, -0.2) is 74.6 Å². The number of methoxy groups -OCH3 is 3. The standard InChI is InChI=1S/C20H28N6O4/c1-21-20(22-10-14-8-17(29-4)18(30-5)9-16(14)28-3)25-6-7-26(19(27)13-25)15-11-23-24(2)12-15/h8-9,11-12H,6-7,10,13H2,1-5H3,(H,21,22). The van der Waals surface area contributed by atoms with Crippen LogP contribution in [0.5, 0.6) is 17.2 Å². The van der Waals surface area contributed by atoms with Crippen LogP contribution in [0.2, 0.25) is 0 Å². The Morgan fingerprint density at radius 2 is 1.83 bits per heavy atom. The number of aliphatic imine (C=N–C) groups is 1. The summed E-state index contributed by atoms with van der Waals surface area (Å²) < 4.78 is 17.9. The Balaban J connectivity index is 1.68. The van der Waals surface area contributed by atoms with Crippen LogP contribution < -0.4 is 24.4 Å². The monoisotopic (exact) mass is 416 g/mol. The van der Waals surface area contributed by atoms with E-state index in [0.717, 1.165) is 11.3 Å². The van der Waals surface area contributed by atoms with E-state index in [1.807, 2.05) is 24.2 Å². The van der Waals surface area contributed by atoms with E-state index in [1.54, 1.807) is 50.2 Å². The number of hydrogen-bond acceptors (Lipinski definition) is 6. The van der Waals surface area contributed by atoms with E-state index in [9.17, 15) is 4.79 Å². The molecule has 1 N–H and O–H groups in total. The van der Waals surface area contributed by atoms with Crippen molar-refractivity contribution in [1.29, 1.82) is 0 Å². The molecule has 0 aliphatic carbocycles. The van der Waals surface area contributed by atoms with Crippen molar-refractivity contribution in [1.82, 2.24) is 20.0 Å². The Hall–Kier alpha value is -3.43. The average Bonchev–Trinajstić information content (AvgIpc) is 3.19. The molecule has 0 spiro atoms. The van der Waals surface area contributed by atoms with Gasteiger partial charge in [0.05, 0.1) is 33.2 Å². The molecule has 1 aliphatic heterocycles. The summed E-state index contributed by atoms with van der Waals surface area (Å²) in [5.41, 5.74) is 1.69. The van der Waals surface area contributed by atoms with E-state index in [4.69, 9.17) is 14.2 Å². The van der Waals surface area contributed by atoms with Crippen molar-refractivity contribution in [2.24, 2.45) is 12.0 Å². The van der Waals surface area contributed by atoms with Gasteiger partial charge in [-0.25, -0.2) is 0 Å². The third-order valence-corrected chi connectivity index (χ3v) is 4.96. The molecule has 1 aromatic carbocycles. The SMILES string of the molecule is CN=C(NCc1cc(OC)c(OC)cc1OC)N1CCN(c2cnn(C)c2)C(=O)C1. The maximum atomic E-state index is 12.7. The normalized spacial score (nSPS) is 14.7. The molecule has 0 bridgehead atoms. The maximum absolute atomic E-state index is 12.7. The number of amides is 1. The van der Waals surface area contributed by atoms with Crippen LogP contribution in [0.25, 0.3) is 0 Å². The van der Waals surface area contributed by atoms with Gasteiger partial charge in [-0.05, 0) is 6.07 Å². The molecule has 30 heavy (non-hydrogen) atoms. The van der Waals surface area contributed by atoms with E-state index in [2.05, 4.69) is 15.4 Å². The van der Waals surface area contributed by atoms with E-state index in [1.165, 1.54) is 0 Å². The van der Waals surface area contributed by atoms with Crippen molar-refractivity contribution in [2.45, 2.75) is 6.54 Å². The second kappa shape index (κ2) is 9.38. The molecule has 3 rings (SSSR count). The lowest BCUT2D eigenvalue weighted by molar-refractivity contribution is -0.120. The van der Waals surface area contributed by atoms with Crippen LogP contribution in [0.3, 0.4) is 0 Å². The van der Waals surface area contributed by atoms with Gasteiger partial charge in [-0.3, -0.25) is 14.5 Å². The number of ether oxygens (including phenoxy) is 3. The van der Waals surface area contributed by atoms with Crippen molar-refractivity contribution < 1.29 is 19.0 Å². The number of anilines is 1. The van der Waals surface area contributed by atoms with Gasteiger partial charge in [0.1, 0.15) is 12.3 Å². The Labute approximate surface area is 176 Å². The molecule has 10 nitrogen and oxygen atoms in total. The smallest absolute Gasteiger partial charge is 0.246 e. The first-order valence-corrected chi connectivity index (χ1v) is 9.54. The molecule has 2 aromatic rings. The van der Waals surface area contributed by atoms with Gasteiger partial charge in [0.25, 0.3) is 0 Å². The van der Waals surface area contributed by atoms with Crippen LogP contribution in [0.1, 0.15) is 5.56 Å². The second-order valence-corrected chi connectivity index (χ2v) is 6.76. The fraction of sp³-hybridized carbons (Fsp3) is 0.450. The summed E-state index contributed by atoms with van der Waals surface area (Å²) in [7, 11) is 8.31. The molecule has 1 aliphatic rings. The highest BCUT2D eigenvalue weighted by Gasteiger charge is 2.27. The minimum absolute atomic E-state index is 0.000831. The van der Waals surface area contributed by atoms with E-state index < -0.39 is 0 Å². The van der Waals surface area contributed by atoms with Gasteiger partial charge in [-0.2, -0.15) is 5.10 Å². The number of carbonyl (C=O) groups excluding carboxylic acids is 1. The molecule has 0 atom stereocenters. The zero-order valence-electron chi connectivity index (χ0n) is 18.0. The number of nitrogens with one attached hydrogen (secondary N) is 1. The molecule has 2 heterocycles. The van der Waals surface area contributed by atoms with Crippen LogP contribution >= 0.6 is 0 Å². The zero-order valence-corrected chi connectivity index (χ0v) is 18.0. The number of aryl methyl sites for hydroxylation is 1. The van der Waals surface area contributed by atoms with Gasteiger partial charge < -0.3 is 29.3 Å². The van der Waals surface area contributed by atoms with Gasteiger partial charge >= 0.3 is 0 Å². The fourth-order valence-electron chi connectivity index (χ4n) is 3.41. The number of carbonyl (C=O) groups is 1. The quantitative estimate of drug-likeness (QED) is 0.552. The molecule has 1 amide bonds. The Morgan fingerprint density at radius 1 is 1.13 bits per heavy atom. The lowest BCUT2D eigenvalue weighted by atomic mass is 10.1. The zero-order chi connectivity index (χ0) is 21.7. The first-order valence-electron chi connectivity index (χ1n) is 9.54. The predicted octanol–water partition coefficient (Wildman–Crippen LogP) is 0.870. The molecule has 0 saturated carbocycles. The molecule has 0 radical (unpaired) electrons. The minimum Gasteiger partial charge on any atom is -0.496 e. The van der Waals surface area contributed by atoms with E-state index >= 15 is 0 Å². The summed E-state index contributed by atoms with van der Waals surface area (Å²) in [5, 5.41) is 7.45. The molecule has 0 unspecified atom stereocenters. The van der Waals surface area contributed by atoms with Gasteiger partial charge in [-0.15, -0.1) is 0 Å².